The highest BCUT2D eigenvalue weighted by Gasteiger charge is 2.29. The topological polar surface area (TPSA) is 72.1 Å². The number of rotatable bonds is 4. The van der Waals surface area contributed by atoms with E-state index in [0.29, 0.717) is 30.4 Å². The van der Waals surface area contributed by atoms with Gasteiger partial charge in [0.1, 0.15) is 5.69 Å². The molecule has 6 nitrogen and oxygen atoms in total. The van der Waals surface area contributed by atoms with Crippen molar-refractivity contribution < 1.29 is 9.21 Å². The molecule has 0 aliphatic carbocycles. The summed E-state index contributed by atoms with van der Waals surface area (Å²) in [4.78, 5) is 19.2. The number of piperidine rings is 1. The molecule has 1 aliphatic rings. The van der Waals surface area contributed by atoms with E-state index >= 15 is 0 Å². The molecule has 1 aliphatic heterocycles. The Morgan fingerprint density at radius 1 is 1.10 bits per heavy atom. The van der Waals surface area contributed by atoms with Crippen LogP contribution in [0.5, 0.6) is 0 Å². The lowest BCUT2D eigenvalue weighted by Crippen LogP contribution is -2.40. The van der Waals surface area contributed by atoms with Gasteiger partial charge < -0.3 is 9.32 Å². The second-order valence-electron chi connectivity index (χ2n) is 8.17. The highest BCUT2D eigenvalue weighted by atomic mass is 16.4. The number of pyridine rings is 1. The smallest absolute Gasteiger partial charge is 0.266 e. The monoisotopic (exact) mass is 412 g/mol. The molecule has 1 atom stereocenters. The highest BCUT2D eigenvalue weighted by Crippen LogP contribution is 2.30. The summed E-state index contributed by atoms with van der Waals surface area (Å²) in [6.07, 6.45) is 4.03. The van der Waals surface area contributed by atoms with E-state index in [1.807, 2.05) is 66.4 Å². The molecule has 0 radical (unpaired) electrons. The summed E-state index contributed by atoms with van der Waals surface area (Å²) in [5.74, 6) is 1.20. The average Bonchev–Trinajstić information content (AvgIpc) is 3.30. The number of nitrogens with zero attached hydrogens (tertiary/aromatic N) is 4. The molecule has 1 unspecified atom stereocenters. The van der Waals surface area contributed by atoms with E-state index in [2.05, 4.69) is 15.2 Å². The number of amides is 1. The molecule has 0 saturated carbocycles. The van der Waals surface area contributed by atoms with Crippen molar-refractivity contribution in [3.8, 4) is 11.6 Å². The van der Waals surface area contributed by atoms with Gasteiger partial charge in [0.05, 0.1) is 12.3 Å². The van der Waals surface area contributed by atoms with Crippen molar-refractivity contribution in [2.45, 2.75) is 32.1 Å². The van der Waals surface area contributed by atoms with Crippen LogP contribution in [0.1, 0.15) is 35.8 Å². The Balaban J connectivity index is 1.32. The fraction of sp³-hybridized carbons (Fsp3) is 0.280. The molecule has 0 N–H and O–H groups in total. The molecule has 6 heteroatoms. The van der Waals surface area contributed by atoms with Crippen LogP contribution in [0.3, 0.4) is 0 Å². The van der Waals surface area contributed by atoms with E-state index in [1.165, 1.54) is 5.56 Å². The number of benzene rings is 2. The first-order chi connectivity index (χ1) is 15.2. The van der Waals surface area contributed by atoms with E-state index < -0.39 is 0 Å². The fourth-order valence-electron chi connectivity index (χ4n) is 4.18. The number of hydrogen-bond acceptors (Lipinski definition) is 5. The molecule has 0 bridgehead atoms. The van der Waals surface area contributed by atoms with Gasteiger partial charge in [-0.15, -0.1) is 10.2 Å². The van der Waals surface area contributed by atoms with E-state index in [4.69, 9.17) is 4.42 Å². The Bertz CT molecular complexity index is 1210. The molecule has 0 spiro atoms. The first-order valence-electron chi connectivity index (χ1n) is 10.7. The number of likely N-dealkylation sites (tertiary alicyclic amines) is 1. The largest absolute Gasteiger partial charge is 0.419 e. The molecule has 1 amide bonds. The van der Waals surface area contributed by atoms with Crippen LogP contribution in [0.2, 0.25) is 0 Å². The van der Waals surface area contributed by atoms with Gasteiger partial charge in [0.2, 0.25) is 11.8 Å². The summed E-state index contributed by atoms with van der Waals surface area (Å²) in [6.45, 7) is 3.43. The van der Waals surface area contributed by atoms with Crippen LogP contribution in [-0.4, -0.2) is 39.1 Å². The summed E-state index contributed by atoms with van der Waals surface area (Å²) >= 11 is 0. The standard InChI is InChI=1S/C25H24N4O2/c1-17-8-10-18(11-9-17)15-22(30)29-14-4-6-20(16-29)24-27-28-25(31-24)23-21-7-3-2-5-19(21)12-13-26-23/h2-3,5,7-13,20H,4,6,14-16H2,1H3. The van der Waals surface area contributed by atoms with Gasteiger partial charge in [-0.1, -0.05) is 54.1 Å². The van der Waals surface area contributed by atoms with E-state index in [0.717, 1.165) is 35.7 Å². The summed E-state index contributed by atoms with van der Waals surface area (Å²) < 4.78 is 6.05. The first kappa shape index (κ1) is 19.4. The Hall–Kier alpha value is -3.54. The van der Waals surface area contributed by atoms with Crippen molar-refractivity contribution in [3.05, 3.63) is 77.8 Å². The minimum atomic E-state index is 0.0481. The zero-order chi connectivity index (χ0) is 21.2. The van der Waals surface area contributed by atoms with Crippen molar-refractivity contribution in [2.75, 3.05) is 13.1 Å². The molecular formula is C25H24N4O2. The van der Waals surface area contributed by atoms with Crippen molar-refractivity contribution >= 4 is 16.7 Å². The van der Waals surface area contributed by atoms with E-state index in [-0.39, 0.29) is 11.8 Å². The molecule has 31 heavy (non-hydrogen) atoms. The zero-order valence-electron chi connectivity index (χ0n) is 17.5. The van der Waals surface area contributed by atoms with E-state index in [9.17, 15) is 4.79 Å². The molecule has 4 aromatic rings. The van der Waals surface area contributed by atoms with Crippen LogP contribution in [0, 0.1) is 6.92 Å². The SMILES string of the molecule is Cc1ccc(CC(=O)N2CCCC(c3nnc(-c4nccc5ccccc45)o3)C2)cc1. The minimum Gasteiger partial charge on any atom is -0.419 e. The van der Waals surface area contributed by atoms with Crippen molar-refractivity contribution in [1.29, 1.82) is 0 Å². The van der Waals surface area contributed by atoms with E-state index in [1.54, 1.807) is 6.20 Å². The molecule has 2 aromatic heterocycles. The normalized spacial score (nSPS) is 16.5. The maximum absolute atomic E-state index is 12.9. The Morgan fingerprint density at radius 3 is 2.81 bits per heavy atom. The number of carbonyl (C=O) groups excluding carboxylic acids is 1. The van der Waals surface area contributed by atoms with Gasteiger partial charge in [-0.2, -0.15) is 0 Å². The van der Waals surface area contributed by atoms with Gasteiger partial charge in [-0.25, -0.2) is 0 Å². The summed E-state index contributed by atoms with van der Waals surface area (Å²) in [7, 11) is 0. The summed E-state index contributed by atoms with van der Waals surface area (Å²) in [5.41, 5.74) is 2.93. The van der Waals surface area contributed by atoms with Gasteiger partial charge >= 0.3 is 0 Å². The molecule has 5 rings (SSSR count). The van der Waals surface area contributed by atoms with Crippen LogP contribution in [0.25, 0.3) is 22.4 Å². The fourth-order valence-corrected chi connectivity index (χ4v) is 4.18. The van der Waals surface area contributed by atoms with Crippen molar-refractivity contribution in [2.24, 2.45) is 0 Å². The van der Waals surface area contributed by atoms with Gasteiger partial charge in [-0.05, 0) is 36.8 Å². The predicted octanol–water partition coefficient (Wildman–Crippen LogP) is 4.54. The van der Waals surface area contributed by atoms with Gasteiger partial charge in [0.15, 0.2) is 0 Å². The first-order valence-corrected chi connectivity index (χ1v) is 10.7. The lowest BCUT2D eigenvalue weighted by molar-refractivity contribution is -0.131. The number of fused-ring (bicyclic) bond motifs is 1. The summed E-state index contributed by atoms with van der Waals surface area (Å²) in [6, 6.07) is 18.1. The number of hydrogen-bond donors (Lipinski definition) is 0. The molecule has 156 valence electrons. The van der Waals surface area contributed by atoms with Crippen LogP contribution >= 0.6 is 0 Å². The van der Waals surface area contributed by atoms with Crippen LogP contribution < -0.4 is 0 Å². The second kappa shape index (κ2) is 8.30. The zero-order valence-corrected chi connectivity index (χ0v) is 17.5. The number of aromatic nitrogens is 3. The highest BCUT2D eigenvalue weighted by molar-refractivity contribution is 5.92. The minimum absolute atomic E-state index is 0.0481. The number of aryl methyl sites for hydroxylation is 1. The third kappa shape index (κ3) is 4.06. The van der Waals surface area contributed by atoms with Gasteiger partial charge in [-0.3, -0.25) is 9.78 Å². The van der Waals surface area contributed by atoms with Crippen LogP contribution in [0.15, 0.2) is 65.2 Å². The third-order valence-corrected chi connectivity index (χ3v) is 5.92. The van der Waals surface area contributed by atoms with Crippen molar-refractivity contribution in [1.82, 2.24) is 20.1 Å². The second-order valence-corrected chi connectivity index (χ2v) is 8.17. The molecule has 2 aromatic carbocycles. The molecule has 1 saturated heterocycles. The predicted molar refractivity (Wildman–Crippen MR) is 118 cm³/mol. The van der Waals surface area contributed by atoms with Crippen molar-refractivity contribution in [3.63, 3.8) is 0 Å². The molecular weight excluding hydrogens is 388 g/mol. The van der Waals surface area contributed by atoms with Gasteiger partial charge in [0, 0.05) is 24.7 Å². The quantitative estimate of drug-likeness (QED) is 0.492. The average molecular weight is 412 g/mol. The maximum Gasteiger partial charge on any atom is 0.266 e. The lowest BCUT2D eigenvalue weighted by atomic mass is 9.97. The maximum atomic E-state index is 12.9. The Labute approximate surface area is 180 Å². The summed E-state index contributed by atoms with van der Waals surface area (Å²) in [5, 5.41) is 10.7. The van der Waals surface area contributed by atoms with Crippen LogP contribution in [-0.2, 0) is 11.2 Å². The third-order valence-electron chi connectivity index (χ3n) is 5.92. The van der Waals surface area contributed by atoms with Gasteiger partial charge in [0.25, 0.3) is 5.89 Å². The Kier molecular flexibility index (Phi) is 5.20. The lowest BCUT2D eigenvalue weighted by Gasteiger charge is -2.31. The number of carbonyl (C=O) groups is 1. The van der Waals surface area contributed by atoms with Crippen LogP contribution in [0.4, 0.5) is 0 Å². The molecule has 1 fully saturated rings. The molecule has 3 heterocycles. The Morgan fingerprint density at radius 2 is 1.94 bits per heavy atom.